The molecule has 0 saturated carbocycles. The third-order valence-corrected chi connectivity index (χ3v) is 2.75. The first-order chi connectivity index (χ1) is 8.85. The van der Waals surface area contributed by atoms with Crippen LogP contribution in [-0.4, -0.2) is 54.1 Å². The maximum Gasteiger partial charge on any atom is 0.335 e. The topological polar surface area (TPSA) is 73.7 Å². The normalized spacial score (nSPS) is 10.1. The molecule has 0 atom stereocenters. The van der Waals surface area contributed by atoms with Crippen LogP contribution in [0.1, 0.15) is 17.3 Å². The van der Waals surface area contributed by atoms with Gasteiger partial charge < -0.3 is 14.9 Å². The van der Waals surface area contributed by atoms with Gasteiger partial charge in [-0.1, -0.05) is 11.6 Å². The van der Waals surface area contributed by atoms with Crippen molar-refractivity contribution in [3.63, 3.8) is 0 Å². The molecule has 7 heteroatoms. The van der Waals surface area contributed by atoms with E-state index in [1.54, 1.807) is 19.0 Å². The SMILES string of the molecule is CCN(CC(=O)N(C)C)c1cc(C(=O)O)cc(Cl)n1. The number of pyridine rings is 1. The van der Waals surface area contributed by atoms with E-state index in [1.807, 2.05) is 6.92 Å². The van der Waals surface area contributed by atoms with Crippen LogP contribution in [0.15, 0.2) is 12.1 Å². The minimum Gasteiger partial charge on any atom is -0.478 e. The smallest absolute Gasteiger partial charge is 0.335 e. The zero-order chi connectivity index (χ0) is 14.6. The molecule has 0 aliphatic heterocycles. The lowest BCUT2D eigenvalue weighted by molar-refractivity contribution is -0.127. The van der Waals surface area contributed by atoms with Crippen molar-refractivity contribution in [2.45, 2.75) is 6.92 Å². The summed E-state index contributed by atoms with van der Waals surface area (Å²) in [4.78, 5) is 29.9. The summed E-state index contributed by atoms with van der Waals surface area (Å²) in [7, 11) is 3.31. The van der Waals surface area contributed by atoms with Crippen LogP contribution in [0.2, 0.25) is 5.15 Å². The molecule has 0 aliphatic rings. The highest BCUT2D eigenvalue weighted by molar-refractivity contribution is 6.29. The summed E-state index contributed by atoms with van der Waals surface area (Å²) in [5, 5.41) is 9.07. The molecule has 104 valence electrons. The molecular formula is C12H16ClN3O3. The molecule has 0 spiro atoms. The summed E-state index contributed by atoms with van der Waals surface area (Å²) < 4.78 is 0. The Kier molecular flexibility index (Phi) is 5.11. The Morgan fingerprint density at radius 3 is 2.47 bits per heavy atom. The van der Waals surface area contributed by atoms with Crippen molar-refractivity contribution in [1.82, 2.24) is 9.88 Å². The van der Waals surface area contributed by atoms with Crippen LogP contribution in [0, 0.1) is 0 Å². The maximum atomic E-state index is 11.7. The summed E-state index contributed by atoms with van der Waals surface area (Å²) in [5.41, 5.74) is 0.0470. The van der Waals surface area contributed by atoms with Crippen molar-refractivity contribution in [3.8, 4) is 0 Å². The summed E-state index contributed by atoms with van der Waals surface area (Å²) in [6.07, 6.45) is 0. The quantitative estimate of drug-likeness (QED) is 0.827. The zero-order valence-corrected chi connectivity index (χ0v) is 11.8. The fourth-order valence-electron chi connectivity index (χ4n) is 1.43. The lowest BCUT2D eigenvalue weighted by atomic mass is 10.2. The highest BCUT2D eigenvalue weighted by Gasteiger charge is 2.15. The van der Waals surface area contributed by atoms with E-state index in [0.29, 0.717) is 12.4 Å². The predicted molar refractivity (Wildman–Crippen MR) is 72.8 cm³/mol. The second-order valence-electron chi connectivity index (χ2n) is 4.14. The van der Waals surface area contributed by atoms with E-state index < -0.39 is 5.97 Å². The first-order valence-electron chi connectivity index (χ1n) is 5.71. The Hall–Kier alpha value is -1.82. The third-order valence-electron chi connectivity index (χ3n) is 2.56. The van der Waals surface area contributed by atoms with Crippen LogP contribution in [0.4, 0.5) is 5.82 Å². The van der Waals surface area contributed by atoms with Crippen molar-refractivity contribution < 1.29 is 14.7 Å². The number of halogens is 1. The van der Waals surface area contributed by atoms with Gasteiger partial charge in [0.1, 0.15) is 11.0 Å². The monoisotopic (exact) mass is 285 g/mol. The van der Waals surface area contributed by atoms with Gasteiger partial charge in [0.15, 0.2) is 0 Å². The third kappa shape index (κ3) is 4.10. The maximum absolute atomic E-state index is 11.7. The Balaban J connectivity index is 3.04. The molecule has 0 bridgehead atoms. The van der Waals surface area contributed by atoms with E-state index in [9.17, 15) is 9.59 Å². The Morgan fingerprint density at radius 2 is 2.00 bits per heavy atom. The minimum atomic E-state index is -1.08. The number of nitrogens with zero attached hydrogens (tertiary/aromatic N) is 3. The summed E-state index contributed by atoms with van der Waals surface area (Å²) in [6, 6.07) is 2.68. The molecule has 1 aromatic rings. The lowest BCUT2D eigenvalue weighted by Crippen LogP contribution is -2.37. The van der Waals surface area contributed by atoms with Crippen molar-refractivity contribution >= 4 is 29.3 Å². The number of likely N-dealkylation sites (N-methyl/N-ethyl adjacent to an activating group) is 2. The molecule has 6 nitrogen and oxygen atoms in total. The van der Waals surface area contributed by atoms with Crippen LogP contribution in [0.25, 0.3) is 0 Å². The Bertz CT molecular complexity index is 491. The first kappa shape index (κ1) is 15.2. The summed E-state index contributed by atoms with van der Waals surface area (Å²) in [6.45, 7) is 2.49. The molecular weight excluding hydrogens is 270 g/mol. The van der Waals surface area contributed by atoms with E-state index in [1.165, 1.54) is 17.0 Å². The average molecular weight is 286 g/mol. The molecule has 19 heavy (non-hydrogen) atoms. The van der Waals surface area contributed by atoms with Gasteiger partial charge in [0.2, 0.25) is 5.91 Å². The van der Waals surface area contributed by atoms with E-state index in [-0.39, 0.29) is 23.2 Å². The van der Waals surface area contributed by atoms with Crippen molar-refractivity contribution in [2.75, 3.05) is 32.1 Å². The number of aromatic nitrogens is 1. The number of amides is 1. The van der Waals surface area contributed by atoms with Gasteiger partial charge in [-0.25, -0.2) is 9.78 Å². The standard InChI is InChI=1S/C12H16ClN3O3/c1-4-16(7-11(17)15(2)3)10-6-8(12(18)19)5-9(13)14-10/h5-6H,4,7H2,1-3H3,(H,18,19). The lowest BCUT2D eigenvalue weighted by Gasteiger charge is -2.23. The molecule has 1 amide bonds. The number of hydrogen-bond acceptors (Lipinski definition) is 4. The van der Waals surface area contributed by atoms with E-state index in [2.05, 4.69) is 4.98 Å². The van der Waals surface area contributed by atoms with E-state index in [4.69, 9.17) is 16.7 Å². The average Bonchev–Trinajstić information content (AvgIpc) is 2.34. The predicted octanol–water partition coefficient (Wildman–Crippen LogP) is 1.35. The van der Waals surface area contributed by atoms with Crippen LogP contribution in [0.5, 0.6) is 0 Å². The number of carbonyl (C=O) groups excluding carboxylic acids is 1. The fraction of sp³-hybridized carbons (Fsp3) is 0.417. The van der Waals surface area contributed by atoms with Gasteiger partial charge in [-0.3, -0.25) is 4.79 Å². The van der Waals surface area contributed by atoms with Crippen LogP contribution in [0.3, 0.4) is 0 Å². The van der Waals surface area contributed by atoms with Gasteiger partial charge in [0, 0.05) is 20.6 Å². The molecule has 0 aliphatic carbocycles. The van der Waals surface area contributed by atoms with Gasteiger partial charge in [-0.15, -0.1) is 0 Å². The number of anilines is 1. The van der Waals surface area contributed by atoms with Crippen LogP contribution in [-0.2, 0) is 4.79 Å². The van der Waals surface area contributed by atoms with E-state index in [0.717, 1.165) is 0 Å². The molecule has 0 unspecified atom stereocenters. The second kappa shape index (κ2) is 6.38. The molecule has 0 aromatic carbocycles. The molecule has 1 rings (SSSR count). The first-order valence-corrected chi connectivity index (χ1v) is 6.09. The van der Waals surface area contributed by atoms with Gasteiger partial charge in [-0.05, 0) is 19.1 Å². The largest absolute Gasteiger partial charge is 0.478 e. The molecule has 0 fully saturated rings. The van der Waals surface area contributed by atoms with Crippen LogP contribution >= 0.6 is 11.6 Å². The van der Waals surface area contributed by atoms with E-state index >= 15 is 0 Å². The van der Waals surface area contributed by atoms with Crippen molar-refractivity contribution in [1.29, 1.82) is 0 Å². The number of carbonyl (C=O) groups is 2. The number of aromatic carboxylic acids is 1. The van der Waals surface area contributed by atoms with Crippen LogP contribution < -0.4 is 4.90 Å². The number of hydrogen-bond donors (Lipinski definition) is 1. The van der Waals surface area contributed by atoms with Gasteiger partial charge >= 0.3 is 5.97 Å². The highest BCUT2D eigenvalue weighted by atomic mass is 35.5. The molecule has 1 N–H and O–H groups in total. The van der Waals surface area contributed by atoms with Gasteiger partial charge in [0.05, 0.1) is 12.1 Å². The Morgan fingerprint density at radius 1 is 1.37 bits per heavy atom. The zero-order valence-electron chi connectivity index (χ0n) is 11.1. The summed E-state index contributed by atoms with van der Waals surface area (Å²) >= 11 is 5.80. The minimum absolute atomic E-state index is 0.0470. The number of carboxylic acid groups (broad SMARTS) is 1. The number of rotatable bonds is 5. The van der Waals surface area contributed by atoms with Gasteiger partial charge in [0.25, 0.3) is 0 Å². The second-order valence-corrected chi connectivity index (χ2v) is 4.53. The molecule has 0 saturated heterocycles. The fourth-order valence-corrected chi connectivity index (χ4v) is 1.63. The van der Waals surface area contributed by atoms with Gasteiger partial charge in [-0.2, -0.15) is 0 Å². The van der Waals surface area contributed by atoms with Crippen molar-refractivity contribution in [3.05, 3.63) is 22.8 Å². The highest BCUT2D eigenvalue weighted by Crippen LogP contribution is 2.18. The molecule has 0 radical (unpaired) electrons. The van der Waals surface area contributed by atoms with Crippen molar-refractivity contribution in [2.24, 2.45) is 0 Å². The number of carboxylic acids is 1. The summed E-state index contributed by atoms with van der Waals surface area (Å²) in [5.74, 6) is -0.802. The molecule has 1 aromatic heterocycles. The molecule has 1 heterocycles. The Labute approximate surface area is 116 Å².